The molecule has 1 aliphatic rings. The van der Waals surface area contributed by atoms with Gasteiger partial charge in [0, 0.05) is 17.8 Å². The average molecular weight is 588 g/mol. The molecule has 1 fully saturated rings. The summed E-state index contributed by atoms with van der Waals surface area (Å²) in [5.41, 5.74) is 1.56. The molecule has 1 saturated heterocycles. The van der Waals surface area contributed by atoms with Crippen LogP contribution in [0.4, 0.5) is 16.2 Å². The van der Waals surface area contributed by atoms with E-state index in [2.05, 4.69) is 5.32 Å². The van der Waals surface area contributed by atoms with Crippen LogP contribution in [0.2, 0.25) is 10.0 Å². The van der Waals surface area contributed by atoms with E-state index >= 15 is 0 Å². The van der Waals surface area contributed by atoms with Crippen molar-refractivity contribution in [2.24, 2.45) is 0 Å². The van der Waals surface area contributed by atoms with Gasteiger partial charge in [0.05, 0.1) is 27.0 Å². The molecule has 1 aliphatic heterocycles. The normalized spacial score (nSPS) is 14.0. The van der Waals surface area contributed by atoms with E-state index in [1.54, 1.807) is 36.4 Å². The molecule has 3 amide bonds. The maximum atomic E-state index is 12.8. The highest BCUT2D eigenvalue weighted by molar-refractivity contribution is 8.18. The number of rotatable bonds is 9. The number of halogens is 2. The van der Waals surface area contributed by atoms with Gasteiger partial charge in [-0.1, -0.05) is 23.2 Å². The number of nitrogens with one attached hydrogen (secondary N) is 1. The number of carbonyl (C=O) groups is 3. The number of thioether (sulfide) groups is 1. The maximum absolute atomic E-state index is 12.8. The van der Waals surface area contributed by atoms with Gasteiger partial charge in [0.2, 0.25) is 5.91 Å². The van der Waals surface area contributed by atoms with E-state index in [1.165, 1.54) is 37.5 Å². The Balaban J connectivity index is 1.41. The van der Waals surface area contributed by atoms with Crippen molar-refractivity contribution in [2.45, 2.75) is 6.61 Å². The van der Waals surface area contributed by atoms with Crippen LogP contribution < -0.4 is 14.8 Å². The lowest BCUT2D eigenvalue weighted by Gasteiger charge is -2.13. The molecule has 0 bridgehead atoms. The van der Waals surface area contributed by atoms with Crippen LogP contribution in [0.3, 0.4) is 0 Å². The van der Waals surface area contributed by atoms with Gasteiger partial charge in [-0.15, -0.1) is 0 Å². The zero-order valence-electron chi connectivity index (χ0n) is 20.2. The quantitative estimate of drug-likeness (QED) is 0.179. The maximum Gasteiger partial charge on any atom is 0.294 e. The third kappa shape index (κ3) is 6.88. The number of methoxy groups -OCH3 is 1. The number of carbonyl (C=O) groups excluding carboxylic acids is 3. The molecule has 3 aromatic carbocycles. The first-order valence-electron chi connectivity index (χ1n) is 11.2. The second kappa shape index (κ2) is 12.2. The van der Waals surface area contributed by atoms with Crippen molar-refractivity contribution < 1.29 is 28.8 Å². The van der Waals surface area contributed by atoms with Crippen LogP contribution in [-0.2, 0) is 16.2 Å². The van der Waals surface area contributed by atoms with Crippen molar-refractivity contribution in [2.75, 3.05) is 19.0 Å². The highest BCUT2D eigenvalue weighted by Gasteiger charge is 2.36. The Morgan fingerprint density at radius 2 is 1.72 bits per heavy atom. The summed E-state index contributed by atoms with van der Waals surface area (Å²) < 4.78 is 10.8. The van der Waals surface area contributed by atoms with E-state index in [-0.39, 0.29) is 33.0 Å². The van der Waals surface area contributed by atoms with Crippen molar-refractivity contribution in [3.05, 3.63) is 96.9 Å². The number of nitro benzene ring substituents is 1. The van der Waals surface area contributed by atoms with Crippen LogP contribution in [0.25, 0.3) is 6.08 Å². The van der Waals surface area contributed by atoms with E-state index in [1.807, 2.05) is 0 Å². The van der Waals surface area contributed by atoms with Crippen LogP contribution in [0.15, 0.2) is 65.6 Å². The van der Waals surface area contributed by atoms with Crippen molar-refractivity contribution in [3.63, 3.8) is 0 Å². The van der Waals surface area contributed by atoms with Crippen LogP contribution in [0.5, 0.6) is 11.5 Å². The lowest BCUT2D eigenvalue weighted by molar-refractivity contribution is -0.384. The fourth-order valence-electron chi connectivity index (χ4n) is 3.48. The summed E-state index contributed by atoms with van der Waals surface area (Å²) in [6.45, 7) is -0.390. The SMILES string of the molecule is COc1ccc(NC(=O)CN2C(=O)S/C(=C/c3cc(Cl)c(OCc4ccc([N+](=O)[O-])cc4)c(Cl)c3)C2=O)cc1. The molecule has 0 atom stereocenters. The Bertz CT molecular complexity index is 1450. The molecule has 200 valence electrons. The summed E-state index contributed by atoms with van der Waals surface area (Å²) in [7, 11) is 1.52. The Hall–Kier alpha value is -4.06. The lowest BCUT2D eigenvalue weighted by atomic mass is 10.2. The van der Waals surface area contributed by atoms with E-state index in [0.717, 1.165) is 4.90 Å². The molecule has 1 heterocycles. The van der Waals surface area contributed by atoms with Crippen molar-refractivity contribution in [1.82, 2.24) is 4.90 Å². The fourth-order valence-corrected chi connectivity index (χ4v) is 4.93. The molecule has 4 rings (SSSR count). The smallest absolute Gasteiger partial charge is 0.294 e. The van der Waals surface area contributed by atoms with Crippen LogP contribution in [0, 0.1) is 10.1 Å². The number of imide groups is 1. The summed E-state index contributed by atoms with van der Waals surface area (Å²) >= 11 is 13.4. The van der Waals surface area contributed by atoms with Crippen LogP contribution in [0.1, 0.15) is 11.1 Å². The highest BCUT2D eigenvalue weighted by atomic mass is 35.5. The second-order valence-electron chi connectivity index (χ2n) is 8.07. The monoisotopic (exact) mass is 587 g/mol. The first kappa shape index (κ1) is 28.0. The van der Waals surface area contributed by atoms with Crippen LogP contribution >= 0.6 is 35.0 Å². The average Bonchev–Trinajstić information content (AvgIpc) is 3.16. The molecule has 0 aliphatic carbocycles. The third-order valence-electron chi connectivity index (χ3n) is 5.40. The van der Waals surface area contributed by atoms with Gasteiger partial charge >= 0.3 is 0 Å². The Labute approximate surface area is 236 Å². The van der Waals surface area contributed by atoms with Gasteiger partial charge in [-0.25, -0.2) is 0 Å². The molecule has 0 unspecified atom stereocenters. The van der Waals surface area contributed by atoms with E-state index in [4.69, 9.17) is 32.7 Å². The van der Waals surface area contributed by atoms with Gasteiger partial charge in [-0.05, 0) is 77.5 Å². The van der Waals surface area contributed by atoms with Gasteiger partial charge in [0.15, 0.2) is 5.75 Å². The molecule has 3 aromatic rings. The molecule has 13 heteroatoms. The first-order valence-corrected chi connectivity index (χ1v) is 12.8. The summed E-state index contributed by atoms with van der Waals surface area (Å²) in [6, 6.07) is 15.5. The Morgan fingerprint density at radius 1 is 1.08 bits per heavy atom. The number of nitro groups is 1. The lowest BCUT2D eigenvalue weighted by Crippen LogP contribution is -2.36. The predicted molar refractivity (Wildman–Crippen MR) is 148 cm³/mol. The predicted octanol–water partition coefficient (Wildman–Crippen LogP) is 6.16. The molecule has 39 heavy (non-hydrogen) atoms. The zero-order valence-corrected chi connectivity index (χ0v) is 22.5. The number of anilines is 1. The first-order chi connectivity index (χ1) is 18.6. The molecule has 0 spiro atoms. The summed E-state index contributed by atoms with van der Waals surface area (Å²) in [5.74, 6) is -0.351. The van der Waals surface area contributed by atoms with Gasteiger partial charge < -0.3 is 14.8 Å². The number of hydrogen-bond donors (Lipinski definition) is 1. The van der Waals surface area contributed by atoms with Crippen molar-refractivity contribution in [1.29, 1.82) is 0 Å². The minimum absolute atomic E-state index is 0.0403. The number of ether oxygens (including phenoxy) is 2. The molecule has 10 nitrogen and oxygen atoms in total. The number of non-ortho nitro benzene ring substituents is 1. The Kier molecular flexibility index (Phi) is 8.75. The molecular weight excluding hydrogens is 569 g/mol. The molecule has 0 radical (unpaired) electrons. The van der Waals surface area contributed by atoms with Gasteiger partial charge in [-0.3, -0.25) is 29.4 Å². The van der Waals surface area contributed by atoms with E-state index < -0.39 is 28.5 Å². The third-order valence-corrected chi connectivity index (χ3v) is 6.87. The molecule has 1 N–H and O–H groups in total. The summed E-state index contributed by atoms with van der Waals surface area (Å²) in [5, 5.41) is 13.2. The number of amides is 3. The number of hydrogen-bond acceptors (Lipinski definition) is 8. The minimum atomic E-state index is -0.624. The fraction of sp³-hybridized carbons (Fsp3) is 0.115. The second-order valence-corrected chi connectivity index (χ2v) is 9.88. The van der Waals surface area contributed by atoms with Gasteiger partial charge in [0.25, 0.3) is 16.8 Å². The number of benzene rings is 3. The topological polar surface area (TPSA) is 128 Å². The molecule has 0 aromatic heterocycles. The Morgan fingerprint density at radius 3 is 2.31 bits per heavy atom. The van der Waals surface area contributed by atoms with E-state index in [0.29, 0.717) is 34.3 Å². The van der Waals surface area contributed by atoms with Gasteiger partial charge in [-0.2, -0.15) is 0 Å². The standard InChI is InChI=1S/C26H19Cl2N3O7S/c1-37-19-8-4-17(5-9-19)29-23(32)13-30-25(33)22(39-26(30)34)12-16-10-20(27)24(21(28)11-16)38-14-15-2-6-18(7-3-15)31(35)36/h2-12H,13-14H2,1H3,(H,29,32)/b22-12+. The molecule has 0 saturated carbocycles. The highest BCUT2D eigenvalue weighted by Crippen LogP contribution is 2.38. The van der Waals surface area contributed by atoms with Crippen molar-refractivity contribution in [3.8, 4) is 11.5 Å². The van der Waals surface area contributed by atoms with E-state index in [9.17, 15) is 24.5 Å². The zero-order chi connectivity index (χ0) is 28.1. The van der Waals surface area contributed by atoms with Gasteiger partial charge in [0.1, 0.15) is 18.9 Å². The summed E-state index contributed by atoms with van der Waals surface area (Å²) in [6.07, 6.45) is 1.45. The summed E-state index contributed by atoms with van der Waals surface area (Å²) in [4.78, 5) is 49.0. The molecular formula is C26H19Cl2N3O7S. The minimum Gasteiger partial charge on any atom is -0.497 e. The number of nitrogens with zero attached hydrogens (tertiary/aromatic N) is 2. The van der Waals surface area contributed by atoms with Crippen LogP contribution in [-0.4, -0.2) is 40.5 Å². The largest absolute Gasteiger partial charge is 0.497 e. The van der Waals surface area contributed by atoms with Crippen molar-refractivity contribution >= 4 is 69.5 Å².